The first-order valence-electron chi connectivity index (χ1n) is 5.15. The summed E-state index contributed by atoms with van der Waals surface area (Å²) in [5, 5.41) is 0. The minimum absolute atomic E-state index is 0. The monoisotopic (exact) mass is 332 g/mol. The Hall–Kier alpha value is 0.263. The normalized spacial score (nSPS) is 8.24. The van der Waals surface area contributed by atoms with Gasteiger partial charge in [-0.15, -0.1) is 0 Å². The first-order valence-corrected chi connectivity index (χ1v) is 6.41. The van der Waals surface area contributed by atoms with E-state index >= 15 is 0 Å². The van der Waals surface area contributed by atoms with Gasteiger partial charge in [0.2, 0.25) is 0 Å². The van der Waals surface area contributed by atoms with Crippen molar-refractivity contribution >= 4 is 37.2 Å². The maximum Gasteiger partial charge on any atom is 0.306 e. The summed E-state index contributed by atoms with van der Waals surface area (Å²) < 4.78 is 9.19. The molecule has 0 aromatic carbocycles. The molecule has 0 aliphatic heterocycles. The quantitative estimate of drug-likeness (QED) is 0.442. The summed E-state index contributed by atoms with van der Waals surface area (Å²) >= 11 is 7.70. The van der Waals surface area contributed by atoms with E-state index in [4.69, 9.17) is 0 Å². The fourth-order valence-corrected chi connectivity index (χ4v) is 1.01. The Morgan fingerprint density at radius 2 is 1.18 bits per heavy atom. The predicted molar refractivity (Wildman–Crippen MR) is 70.2 cm³/mol. The predicted octanol–water partition coefficient (Wildman–Crippen LogP) is 1.74. The molecule has 0 spiro atoms. The average molecular weight is 334 g/mol. The van der Waals surface area contributed by atoms with E-state index in [2.05, 4.69) is 34.7 Å². The Balaban J connectivity index is -0.000000218. The molecule has 0 aromatic rings. The maximum atomic E-state index is 10.4. The zero-order valence-corrected chi connectivity index (χ0v) is 15.2. The first-order chi connectivity index (χ1) is 7.62. The Morgan fingerprint density at radius 3 is 1.35 bits per heavy atom. The molecule has 0 aliphatic carbocycles. The van der Waals surface area contributed by atoms with Crippen molar-refractivity contribution in [1.29, 1.82) is 0 Å². The smallest absolute Gasteiger partial charge is 0.306 e. The topological polar surface area (TPSA) is 52.6 Å². The van der Waals surface area contributed by atoms with Crippen molar-refractivity contribution in [3.05, 3.63) is 0 Å². The molecule has 0 N–H and O–H groups in total. The summed E-state index contributed by atoms with van der Waals surface area (Å²) in [5.41, 5.74) is 0. The average Bonchev–Trinajstić information content (AvgIpc) is 2.20. The van der Waals surface area contributed by atoms with Gasteiger partial charge in [0, 0.05) is 31.0 Å². The minimum Gasteiger partial charge on any atom is -0.466 e. The van der Waals surface area contributed by atoms with Gasteiger partial charge < -0.3 is 9.47 Å². The van der Waals surface area contributed by atoms with E-state index in [-0.39, 0.29) is 31.4 Å². The molecular weight excluding hydrogens is 314 g/mol. The largest absolute Gasteiger partial charge is 0.466 e. The molecule has 0 fully saturated rings. The van der Waals surface area contributed by atoms with Crippen LogP contribution in [0.5, 0.6) is 0 Å². The molecule has 98 valence electrons. The van der Waals surface area contributed by atoms with Gasteiger partial charge in [-0.2, -0.15) is 25.3 Å². The molecule has 7 heteroatoms. The molecule has 0 aromatic heterocycles. The Bertz CT molecular complexity index is 155. The van der Waals surface area contributed by atoms with Crippen LogP contribution in [0.1, 0.15) is 26.7 Å². The zero-order chi connectivity index (χ0) is 12.8. The molecule has 0 heterocycles. The second-order valence-corrected chi connectivity index (χ2v) is 3.45. The van der Waals surface area contributed by atoms with E-state index in [0.717, 1.165) is 0 Å². The number of esters is 2. The van der Waals surface area contributed by atoms with Crippen LogP contribution in [0.25, 0.3) is 0 Å². The van der Waals surface area contributed by atoms with Gasteiger partial charge in [0.15, 0.2) is 0 Å². The SMILES string of the molecule is CCOC(=O)CCS.CCOC(=O)CCS.[Zn]. The van der Waals surface area contributed by atoms with Crippen LogP contribution in [0.2, 0.25) is 0 Å². The summed E-state index contributed by atoms with van der Waals surface area (Å²) in [6, 6.07) is 0. The number of hydrogen-bond acceptors (Lipinski definition) is 6. The maximum absolute atomic E-state index is 10.4. The van der Waals surface area contributed by atoms with Crippen molar-refractivity contribution in [1.82, 2.24) is 0 Å². The third kappa shape index (κ3) is 22.0. The fourth-order valence-electron chi connectivity index (χ4n) is 0.649. The van der Waals surface area contributed by atoms with Gasteiger partial charge in [-0.25, -0.2) is 0 Å². The molecule has 0 rings (SSSR count). The molecule has 4 nitrogen and oxygen atoms in total. The van der Waals surface area contributed by atoms with Crippen LogP contribution in [0.4, 0.5) is 0 Å². The van der Waals surface area contributed by atoms with Crippen molar-refractivity contribution in [2.24, 2.45) is 0 Å². The summed E-state index contributed by atoms with van der Waals surface area (Å²) in [7, 11) is 0. The molecule has 0 aliphatic rings. The Labute approximate surface area is 127 Å². The molecular formula is C10H20O4S2Zn. The third-order valence-corrected chi connectivity index (χ3v) is 1.69. The third-order valence-electron chi connectivity index (χ3n) is 1.24. The Kier molecular flexibility index (Phi) is 24.6. The van der Waals surface area contributed by atoms with Gasteiger partial charge in [-0.05, 0) is 13.8 Å². The van der Waals surface area contributed by atoms with E-state index in [1.54, 1.807) is 13.8 Å². The summed E-state index contributed by atoms with van der Waals surface area (Å²) in [6.45, 7) is 4.51. The number of thiol groups is 2. The van der Waals surface area contributed by atoms with Crippen LogP contribution in [0.3, 0.4) is 0 Å². The van der Waals surface area contributed by atoms with Gasteiger partial charge in [0.1, 0.15) is 0 Å². The summed E-state index contributed by atoms with van der Waals surface area (Å²) in [6.07, 6.45) is 0.827. The summed E-state index contributed by atoms with van der Waals surface area (Å²) in [5.74, 6) is 0.808. The van der Waals surface area contributed by atoms with Crippen LogP contribution in [0.15, 0.2) is 0 Å². The number of rotatable bonds is 6. The van der Waals surface area contributed by atoms with Crippen LogP contribution >= 0.6 is 25.3 Å². The van der Waals surface area contributed by atoms with Crippen LogP contribution in [-0.2, 0) is 38.5 Å². The first kappa shape index (κ1) is 22.4. The van der Waals surface area contributed by atoms with Crippen molar-refractivity contribution < 1.29 is 38.5 Å². The van der Waals surface area contributed by atoms with Gasteiger partial charge >= 0.3 is 11.9 Å². The molecule has 0 saturated heterocycles. The Morgan fingerprint density at radius 1 is 0.882 bits per heavy atom. The molecule has 0 amide bonds. The van der Waals surface area contributed by atoms with E-state index in [0.29, 0.717) is 37.6 Å². The number of ether oxygens (including phenoxy) is 2. The van der Waals surface area contributed by atoms with E-state index in [1.807, 2.05) is 0 Å². The second-order valence-electron chi connectivity index (χ2n) is 2.56. The van der Waals surface area contributed by atoms with Gasteiger partial charge in [0.25, 0.3) is 0 Å². The standard InChI is InChI=1S/2C5H10O2S.Zn/c2*1-2-7-5(6)3-4-8;/h2*8H,2-4H2,1H3;. The molecule has 0 bridgehead atoms. The van der Waals surface area contributed by atoms with Crippen molar-refractivity contribution in [2.75, 3.05) is 24.7 Å². The number of carbonyl (C=O) groups excluding carboxylic acids is 2. The van der Waals surface area contributed by atoms with Crippen molar-refractivity contribution in [3.63, 3.8) is 0 Å². The number of carbonyl (C=O) groups is 2. The van der Waals surface area contributed by atoms with Crippen LogP contribution in [0, 0.1) is 0 Å². The van der Waals surface area contributed by atoms with Gasteiger partial charge in [-0.3, -0.25) is 9.59 Å². The fraction of sp³-hybridized carbons (Fsp3) is 0.800. The molecule has 0 unspecified atom stereocenters. The van der Waals surface area contributed by atoms with Gasteiger partial charge in [0.05, 0.1) is 26.1 Å². The van der Waals surface area contributed by atoms with Crippen LogP contribution < -0.4 is 0 Å². The van der Waals surface area contributed by atoms with Gasteiger partial charge in [-0.1, -0.05) is 0 Å². The molecule has 0 saturated carbocycles. The van der Waals surface area contributed by atoms with E-state index in [1.165, 1.54) is 0 Å². The van der Waals surface area contributed by atoms with Crippen molar-refractivity contribution in [2.45, 2.75) is 26.7 Å². The summed E-state index contributed by atoms with van der Waals surface area (Å²) in [4.78, 5) is 20.7. The molecule has 0 atom stereocenters. The van der Waals surface area contributed by atoms with E-state index < -0.39 is 0 Å². The minimum atomic E-state index is -0.164. The number of hydrogen-bond donors (Lipinski definition) is 2. The van der Waals surface area contributed by atoms with Crippen molar-refractivity contribution in [3.8, 4) is 0 Å². The molecule has 0 radical (unpaired) electrons. The van der Waals surface area contributed by atoms with E-state index in [9.17, 15) is 9.59 Å². The zero-order valence-electron chi connectivity index (χ0n) is 10.5. The second kappa shape index (κ2) is 18.6. The van der Waals surface area contributed by atoms with Crippen LogP contribution in [-0.4, -0.2) is 36.7 Å². The molecule has 17 heavy (non-hydrogen) atoms.